The summed E-state index contributed by atoms with van der Waals surface area (Å²) in [6.07, 6.45) is 3.24. The van der Waals surface area contributed by atoms with Gasteiger partial charge in [-0.05, 0) is 42.7 Å². The van der Waals surface area contributed by atoms with E-state index in [1.807, 2.05) is 0 Å². The van der Waals surface area contributed by atoms with Crippen LogP contribution < -0.4 is 15.4 Å². The van der Waals surface area contributed by atoms with Crippen molar-refractivity contribution in [2.24, 2.45) is 4.99 Å². The third-order valence-corrected chi connectivity index (χ3v) is 7.33. The van der Waals surface area contributed by atoms with Gasteiger partial charge in [0.15, 0.2) is 5.96 Å². The maximum Gasteiger partial charge on any atom is 0.191 e. The van der Waals surface area contributed by atoms with Crippen LogP contribution in [0.1, 0.15) is 24.5 Å². The molecule has 2 saturated heterocycles. The molecule has 0 amide bonds. The van der Waals surface area contributed by atoms with Gasteiger partial charge < -0.3 is 20.1 Å². The lowest BCUT2D eigenvalue weighted by atomic mass is 9.96. The van der Waals surface area contributed by atoms with Crippen LogP contribution in [0.3, 0.4) is 0 Å². The lowest BCUT2D eigenvalue weighted by Crippen LogP contribution is -2.56. The van der Waals surface area contributed by atoms with E-state index < -0.39 is 0 Å². The molecular weight excluding hydrogens is 384 g/mol. The minimum absolute atomic E-state index is 0.191. The van der Waals surface area contributed by atoms with Crippen molar-refractivity contribution in [1.29, 1.82) is 0 Å². The number of morpholine rings is 1. The predicted octanol–water partition coefficient (Wildman–Crippen LogP) is 1.93. The van der Waals surface area contributed by atoms with Gasteiger partial charge in [0.2, 0.25) is 0 Å². The van der Waals surface area contributed by atoms with E-state index in [-0.39, 0.29) is 5.54 Å². The molecule has 1 unspecified atom stereocenters. The van der Waals surface area contributed by atoms with Crippen molar-refractivity contribution in [1.82, 2.24) is 15.5 Å². The van der Waals surface area contributed by atoms with Gasteiger partial charge in [-0.25, -0.2) is 0 Å². The SMILES string of the molecule is CCNC(=NCC1(N2CCOCC2)CCSC1)NCCc1ccc2c(c1)CCO2. The van der Waals surface area contributed by atoms with Crippen molar-refractivity contribution in [3.05, 3.63) is 29.3 Å². The maximum absolute atomic E-state index is 5.61. The molecule has 0 bridgehead atoms. The van der Waals surface area contributed by atoms with Crippen molar-refractivity contribution < 1.29 is 9.47 Å². The summed E-state index contributed by atoms with van der Waals surface area (Å²) in [5.74, 6) is 4.40. The fourth-order valence-corrected chi connectivity index (χ4v) is 5.86. The van der Waals surface area contributed by atoms with Crippen molar-refractivity contribution in [3.63, 3.8) is 0 Å². The summed E-state index contributed by atoms with van der Waals surface area (Å²) >= 11 is 2.06. The van der Waals surface area contributed by atoms with E-state index in [9.17, 15) is 0 Å². The summed E-state index contributed by atoms with van der Waals surface area (Å²) in [5.41, 5.74) is 2.89. The molecular formula is C22H34N4O2S. The molecule has 6 nitrogen and oxygen atoms in total. The molecule has 0 saturated carbocycles. The fraction of sp³-hybridized carbons (Fsp3) is 0.682. The summed E-state index contributed by atoms with van der Waals surface area (Å²) < 4.78 is 11.2. The Labute approximate surface area is 178 Å². The molecule has 3 heterocycles. The van der Waals surface area contributed by atoms with Crippen LogP contribution in [0.15, 0.2) is 23.2 Å². The normalized spacial score (nSPS) is 24.9. The predicted molar refractivity (Wildman–Crippen MR) is 120 cm³/mol. The van der Waals surface area contributed by atoms with E-state index in [0.717, 1.165) is 77.1 Å². The van der Waals surface area contributed by atoms with Crippen LogP contribution in [0.25, 0.3) is 0 Å². The zero-order valence-electron chi connectivity index (χ0n) is 17.5. The van der Waals surface area contributed by atoms with Crippen LogP contribution in [0.4, 0.5) is 0 Å². The minimum Gasteiger partial charge on any atom is -0.493 e. The maximum atomic E-state index is 5.61. The molecule has 4 rings (SSSR count). The van der Waals surface area contributed by atoms with Crippen molar-refractivity contribution in [2.45, 2.75) is 31.7 Å². The van der Waals surface area contributed by atoms with Crippen LogP contribution in [-0.4, -0.2) is 80.4 Å². The average Bonchev–Trinajstić information content (AvgIpc) is 3.42. The molecule has 2 N–H and O–H groups in total. The van der Waals surface area contributed by atoms with Crippen molar-refractivity contribution in [2.75, 3.05) is 64.1 Å². The van der Waals surface area contributed by atoms with Crippen LogP contribution >= 0.6 is 11.8 Å². The van der Waals surface area contributed by atoms with Gasteiger partial charge in [-0.3, -0.25) is 9.89 Å². The van der Waals surface area contributed by atoms with Gasteiger partial charge in [0.25, 0.3) is 0 Å². The van der Waals surface area contributed by atoms with E-state index in [1.54, 1.807) is 0 Å². The number of aliphatic imine (C=N–C) groups is 1. The number of hydrogen-bond donors (Lipinski definition) is 2. The first kappa shape index (κ1) is 20.8. The molecule has 0 radical (unpaired) electrons. The highest BCUT2D eigenvalue weighted by Crippen LogP contribution is 2.34. The second-order valence-corrected chi connectivity index (χ2v) is 9.14. The molecule has 2 fully saturated rings. The molecule has 0 aliphatic carbocycles. The van der Waals surface area contributed by atoms with Gasteiger partial charge in [-0.1, -0.05) is 12.1 Å². The highest BCUT2D eigenvalue weighted by molar-refractivity contribution is 7.99. The van der Waals surface area contributed by atoms with Crippen molar-refractivity contribution in [3.8, 4) is 5.75 Å². The highest BCUT2D eigenvalue weighted by atomic mass is 32.2. The smallest absolute Gasteiger partial charge is 0.191 e. The molecule has 0 spiro atoms. The van der Waals surface area contributed by atoms with Gasteiger partial charge in [0.1, 0.15) is 5.75 Å². The number of hydrogen-bond acceptors (Lipinski definition) is 5. The van der Waals surface area contributed by atoms with E-state index in [4.69, 9.17) is 14.5 Å². The van der Waals surface area contributed by atoms with Crippen LogP contribution in [0, 0.1) is 0 Å². The molecule has 160 valence electrons. The Morgan fingerprint density at radius 3 is 2.93 bits per heavy atom. The third kappa shape index (κ3) is 5.19. The highest BCUT2D eigenvalue weighted by Gasteiger charge is 2.40. The van der Waals surface area contributed by atoms with Crippen LogP contribution in [-0.2, 0) is 17.6 Å². The summed E-state index contributed by atoms with van der Waals surface area (Å²) in [6.45, 7) is 9.31. The van der Waals surface area contributed by atoms with E-state index in [1.165, 1.54) is 29.1 Å². The average molecular weight is 419 g/mol. The number of rotatable bonds is 7. The Morgan fingerprint density at radius 2 is 2.14 bits per heavy atom. The molecule has 3 aliphatic rings. The van der Waals surface area contributed by atoms with Crippen LogP contribution in [0.2, 0.25) is 0 Å². The molecule has 1 aromatic rings. The number of nitrogens with zero attached hydrogens (tertiary/aromatic N) is 2. The first-order valence-corrected chi connectivity index (χ1v) is 12.1. The molecule has 7 heteroatoms. The number of benzene rings is 1. The number of guanidine groups is 1. The lowest BCUT2D eigenvalue weighted by Gasteiger charge is -2.42. The summed E-state index contributed by atoms with van der Waals surface area (Å²) in [7, 11) is 0. The Hall–Kier alpha value is -1.44. The second-order valence-electron chi connectivity index (χ2n) is 8.04. The quantitative estimate of drug-likeness (QED) is 0.521. The van der Waals surface area contributed by atoms with E-state index in [2.05, 4.69) is 52.4 Å². The Balaban J connectivity index is 1.34. The Kier molecular flexibility index (Phi) is 7.21. The minimum atomic E-state index is 0.191. The van der Waals surface area contributed by atoms with Gasteiger partial charge in [-0.15, -0.1) is 0 Å². The first-order valence-electron chi connectivity index (χ1n) is 11.0. The Morgan fingerprint density at radius 1 is 1.24 bits per heavy atom. The van der Waals surface area contributed by atoms with E-state index in [0.29, 0.717) is 0 Å². The largest absolute Gasteiger partial charge is 0.493 e. The van der Waals surface area contributed by atoms with Crippen molar-refractivity contribution >= 4 is 17.7 Å². The summed E-state index contributed by atoms with van der Waals surface area (Å²) in [5, 5.41) is 6.96. The standard InChI is InChI=1S/C22H34N4O2S/c1-2-23-21(24-8-5-18-3-4-20-19(15-18)6-11-28-20)25-16-22(7-14-29-17-22)26-9-12-27-13-10-26/h3-4,15H,2,5-14,16-17H2,1H3,(H2,23,24,25). The van der Waals surface area contributed by atoms with Gasteiger partial charge in [0.05, 0.1) is 31.9 Å². The number of thioether (sulfide) groups is 1. The molecule has 29 heavy (non-hydrogen) atoms. The second kappa shape index (κ2) is 10.0. The fourth-order valence-electron chi connectivity index (χ4n) is 4.40. The topological polar surface area (TPSA) is 58.1 Å². The molecule has 0 aromatic heterocycles. The Bertz CT molecular complexity index is 700. The van der Waals surface area contributed by atoms with Gasteiger partial charge in [0, 0.05) is 38.4 Å². The third-order valence-electron chi connectivity index (χ3n) is 6.10. The molecule has 1 atom stereocenters. The molecule has 1 aromatic carbocycles. The number of nitrogens with one attached hydrogen (secondary N) is 2. The van der Waals surface area contributed by atoms with E-state index >= 15 is 0 Å². The first-order chi connectivity index (χ1) is 14.3. The van der Waals surface area contributed by atoms with Gasteiger partial charge >= 0.3 is 0 Å². The zero-order chi connectivity index (χ0) is 19.9. The summed E-state index contributed by atoms with van der Waals surface area (Å²) in [4.78, 5) is 7.63. The monoisotopic (exact) mass is 418 g/mol. The van der Waals surface area contributed by atoms with Crippen LogP contribution in [0.5, 0.6) is 5.75 Å². The number of ether oxygens (including phenoxy) is 2. The molecule has 3 aliphatic heterocycles. The number of fused-ring (bicyclic) bond motifs is 1. The van der Waals surface area contributed by atoms with Gasteiger partial charge in [-0.2, -0.15) is 11.8 Å². The summed E-state index contributed by atoms with van der Waals surface area (Å²) in [6, 6.07) is 6.58. The zero-order valence-corrected chi connectivity index (χ0v) is 18.4. The lowest BCUT2D eigenvalue weighted by molar-refractivity contribution is -0.0104.